The number of nitrogens with zero attached hydrogens (tertiary/aromatic N) is 3. The number of ether oxygens (including phenoxy) is 2. The zero-order valence-electron chi connectivity index (χ0n) is 23.1. The van der Waals surface area contributed by atoms with E-state index >= 15 is 0 Å². The number of aliphatic hydroxyl groups is 1. The van der Waals surface area contributed by atoms with Gasteiger partial charge >= 0.3 is 6.09 Å². The fraction of sp³-hybridized carbons (Fsp3) is 0.536. The lowest BCUT2D eigenvalue weighted by atomic mass is 9.86. The molecule has 0 radical (unpaired) electrons. The Bertz CT molecular complexity index is 1240. The van der Waals surface area contributed by atoms with E-state index < -0.39 is 5.60 Å². The maximum atomic E-state index is 11.9. The number of carbonyl (C=O) groups excluding carboxylic acids is 1. The minimum Gasteiger partial charge on any atom is -0.490 e. The van der Waals surface area contributed by atoms with Gasteiger partial charge in [0.05, 0.1) is 27.3 Å². The van der Waals surface area contributed by atoms with Crippen LogP contribution in [0.2, 0.25) is 0 Å². The second kappa shape index (κ2) is 11.7. The lowest BCUT2D eigenvalue weighted by Gasteiger charge is -2.28. The summed E-state index contributed by atoms with van der Waals surface area (Å²) in [7, 11) is 1.90. The smallest absolute Gasteiger partial charge is 0.407 e. The van der Waals surface area contributed by atoms with Crippen LogP contribution in [0.15, 0.2) is 30.5 Å². The number of hydrogen-bond acceptors (Lipinski definition) is 8. The highest BCUT2D eigenvalue weighted by Gasteiger charge is 2.27. The van der Waals surface area contributed by atoms with Gasteiger partial charge in [0.1, 0.15) is 18.2 Å². The molecule has 0 atom stereocenters. The number of alkyl carbamates (subject to hydrolysis) is 1. The number of aromatic nitrogens is 3. The largest absolute Gasteiger partial charge is 0.490 e. The molecule has 2 heterocycles. The third kappa shape index (κ3) is 7.48. The van der Waals surface area contributed by atoms with Gasteiger partial charge < -0.3 is 25.2 Å². The summed E-state index contributed by atoms with van der Waals surface area (Å²) >= 11 is 1.68. The topological polar surface area (TPSA) is 111 Å². The van der Waals surface area contributed by atoms with Crippen molar-refractivity contribution in [2.24, 2.45) is 7.05 Å². The number of anilines is 2. The molecule has 4 rings (SSSR count). The van der Waals surface area contributed by atoms with Crippen molar-refractivity contribution >= 4 is 28.9 Å². The molecule has 1 aliphatic rings. The Hall–Kier alpha value is -3.11. The number of carbonyl (C=O) groups is 1. The van der Waals surface area contributed by atoms with E-state index in [2.05, 4.69) is 15.7 Å². The SMILES string of the molecule is Cc1cc(Nc2ccc(-c3cnc(C4CCC(NC(=O)OC(C)C)CC4)s3)c(OCC(C)(C)O)c2)n(C)n1. The number of rotatable bonds is 9. The molecule has 0 aliphatic heterocycles. The Morgan fingerprint density at radius 3 is 2.61 bits per heavy atom. The first-order valence-electron chi connectivity index (χ1n) is 13.2. The summed E-state index contributed by atoms with van der Waals surface area (Å²) in [4.78, 5) is 17.7. The Balaban J connectivity index is 1.48. The van der Waals surface area contributed by atoms with Gasteiger partial charge in [-0.15, -0.1) is 11.3 Å². The van der Waals surface area contributed by atoms with Crippen LogP contribution in [-0.4, -0.2) is 50.3 Å². The van der Waals surface area contributed by atoms with Crippen molar-refractivity contribution in [1.29, 1.82) is 0 Å². The number of aryl methyl sites for hydroxylation is 2. The minimum absolute atomic E-state index is 0.124. The zero-order chi connectivity index (χ0) is 27.4. The quantitative estimate of drug-likeness (QED) is 0.309. The highest BCUT2D eigenvalue weighted by atomic mass is 32.1. The first kappa shape index (κ1) is 27.9. The summed E-state index contributed by atoms with van der Waals surface area (Å²) < 4.78 is 13.1. The van der Waals surface area contributed by atoms with E-state index in [0.29, 0.717) is 11.7 Å². The molecule has 0 saturated heterocycles. The van der Waals surface area contributed by atoms with Gasteiger partial charge in [0.15, 0.2) is 0 Å². The van der Waals surface area contributed by atoms with Gasteiger partial charge in [0.2, 0.25) is 0 Å². The van der Waals surface area contributed by atoms with Crippen LogP contribution in [0.1, 0.15) is 70.0 Å². The molecule has 0 unspecified atom stereocenters. The van der Waals surface area contributed by atoms with Crippen LogP contribution in [0, 0.1) is 6.92 Å². The first-order chi connectivity index (χ1) is 18.0. The van der Waals surface area contributed by atoms with E-state index in [-0.39, 0.29) is 24.8 Å². The Kier molecular flexibility index (Phi) is 8.62. The van der Waals surface area contributed by atoms with Gasteiger partial charge in [-0.1, -0.05) is 0 Å². The van der Waals surface area contributed by atoms with Crippen LogP contribution in [0.5, 0.6) is 5.75 Å². The highest BCUT2D eigenvalue weighted by molar-refractivity contribution is 7.15. The van der Waals surface area contributed by atoms with Crippen molar-refractivity contribution < 1.29 is 19.4 Å². The fourth-order valence-corrected chi connectivity index (χ4v) is 5.67. The monoisotopic (exact) mass is 541 g/mol. The molecule has 3 N–H and O–H groups in total. The highest BCUT2D eigenvalue weighted by Crippen LogP contribution is 2.41. The molecule has 1 aliphatic carbocycles. The Morgan fingerprint density at radius 1 is 1.24 bits per heavy atom. The molecule has 1 saturated carbocycles. The molecule has 0 spiro atoms. The lowest BCUT2D eigenvalue weighted by Crippen LogP contribution is -2.38. The minimum atomic E-state index is -0.965. The van der Waals surface area contributed by atoms with E-state index in [1.54, 1.807) is 29.9 Å². The van der Waals surface area contributed by atoms with Crippen molar-refractivity contribution in [3.63, 3.8) is 0 Å². The Labute approximate surface area is 228 Å². The van der Waals surface area contributed by atoms with Gasteiger partial charge in [0.25, 0.3) is 0 Å². The van der Waals surface area contributed by atoms with Gasteiger partial charge in [-0.3, -0.25) is 4.68 Å². The molecule has 1 fully saturated rings. The van der Waals surface area contributed by atoms with Crippen molar-refractivity contribution in [2.45, 2.75) is 84.0 Å². The molecular formula is C28H39N5O4S. The van der Waals surface area contributed by atoms with Gasteiger partial charge in [-0.05, 0) is 72.4 Å². The molecule has 3 aromatic rings. The van der Waals surface area contributed by atoms with E-state index in [1.807, 2.05) is 58.3 Å². The van der Waals surface area contributed by atoms with Crippen molar-refractivity contribution in [3.8, 4) is 16.2 Å². The standard InChI is InChI=1S/C28H39N5O4S/c1-17(2)37-27(34)31-20-9-7-19(8-10-20)26-29-15-24(38-26)22-12-11-21(14-23(22)36-16-28(4,5)35)30-25-13-18(3)32-33(25)6/h11-15,17,19-20,30,35H,7-10,16H2,1-6H3,(H,31,34). The molecule has 38 heavy (non-hydrogen) atoms. The van der Waals surface area contributed by atoms with Gasteiger partial charge in [-0.25, -0.2) is 9.78 Å². The van der Waals surface area contributed by atoms with Crippen LogP contribution >= 0.6 is 11.3 Å². The number of nitrogens with one attached hydrogen (secondary N) is 2. The number of thiazole rings is 1. The molecule has 1 aromatic carbocycles. The molecule has 10 heteroatoms. The Morgan fingerprint density at radius 2 is 1.97 bits per heavy atom. The van der Waals surface area contributed by atoms with Gasteiger partial charge in [-0.2, -0.15) is 5.10 Å². The number of amides is 1. The van der Waals surface area contributed by atoms with Crippen LogP contribution in [0.3, 0.4) is 0 Å². The average molecular weight is 542 g/mol. The predicted molar refractivity (Wildman–Crippen MR) is 150 cm³/mol. The maximum absolute atomic E-state index is 11.9. The van der Waals surface area contributed by atoms with E-state index in [1.165, 1.54) is 0 Å². The summed E-state index contributed by atoms with van der Waals surface area (Å²) in [6, 6.07) is 8.13. The molecule has 0 bridgehead atoms. The van der Waals surface area contributed by atoms with Crippen molar-refractivity contribution in [3.05, 3.63) is 41.2 Å². The maximum Gasteiger partial charge on any atom is 0.407 e. The second-order valence-corrected chi connectivity index (χ2v) is 12.0. The van der Waals surface area contributed by atoms with E-state index in [0.717, 1.165) is 58.3 Å². The number of benzene rings is 1. The lowest BCUT2D eigenvalue weighted by molar-refractivity contribution is 0.0287. The van der Waals surface area contributed by atoms with E-state index in [9.17, 15) is 9.90 Å². The second-order valence-electron chi connectivity index (χ2n) is 10.9. The molecule has 206 valence electrons. The van der Waals surface area contributed by atoms with Crippen molar-refractivity contribution in [2.75, 3.05) is 11.9 Å². The molecule has 9 nitrogen and oxygen atoms in total. The third-order valence-corrected chi connectivity index (χ3v) is 7.56. The molecular weight excluding hydrogens is 502 g/mol. The third-order valence-electron chi connectivity index (χ3n) is 6.37. The molecule has 2 aromatic heterocycles. The number of hydrogen-bond donors (Lipinski definition) is 3. The normalized spacial score (nSPS) is 17.9. The summed E-state index contributed by atoms with van der Waals surface area (Å²) in [5.41, 5.74) is 1.78. The molecule has 1 amide bonds. The predicted octanol–water partition coefficient (Wildman–Crippen LogP) is 5.91. The fourth-order valence-electron chi connectivity index (χ4n) is 4.55. The van der Waals surface area contributed by atoms with Crippen LogP contribution in [0.25, 0.3) is 10.4 Å². The van der Waals surface area contributed by atoms with Crippen LogP contribution in [-0.2, 0) is 11.8 Å². The van der Waals surface area contributed by atoms with Crippen molar-refractivity contribution in [1.82, 2.24) is 20.1 Å². The van der Waals surface area contributed by atoms with Crippen LogP contribution in [0.4, 0.5) is 16.3 Å². The van der Waals surface area contributed by atoms with Crippen LogP contribution < -0.4 is 15.4 Å². The summed E-state index contributed by atoms with van der Waals surface area (Å²) in [5.74, 6) is 1.93. The summed E-state index contributed by atoms with van der Waals surface area (Å²) in [6.07, 6.45) is 5.19. The van der Waals surface area contributed by atoms with Gasteiger partial charge in [0, 0.05) is 48.6 Å². The zero-order valence-corrected chi connectivity index (χ0v) is 23.9. The first-order valence-corrected chi connectivity index (χ1v) is 14.0. The summed E-state index contributed by atoms with van der Waals surface area (Å²) in [5, 5.41) is 22.2. The summed E-state index contributed by atoms with van der Waals surface area (Å²) in [6.45, 7) is 9.28. The average Bonchev–Trinajstić information content (AvgIpc) is 3.43. The van der Waals surface area contributed by atoms with E-state index in [4.69, 9.17) is 14.5 Å².